The van der Waals surface area contributed by atoms with Gasteiger partial charge in [-0.3, -0.25) is 0 Å². The maximum absolute atomic E-state index is 9.99. The van der Waals surface area contributed by atoms with Gasteiger partial charge >= 0.3 is 0 Å². The molecule has 5 N–H and O–H groups in total. The van der Waals surface area contributed by atoms with Gasteiger partial charge in [0, 0.05) is 17.1 Å². The summed E-state index contributed by atoms with van der Waals surface area (Å²) in [5, 5.41) is 39.5. The molecule has 1 aliphatic rings. The van der Waals surface area contributed by atoms with Crippen LogP contribution in [0.4, 0.5) is 0 Å². The monoisotopic (exact) mass is 309 g/mol. The fraction of sp³-hybridized carbons (Fsp3) is 0.467. The summed E-state index contributed by atoms with van der Waals surface area (Å²) in [7, 11) is 0. The third-order valence-electron chi connectivity index (χ3n) is 3.89. The lowest BCUT2D eigenvalue weighted by Crippen LogP contribution is -2.60. The van der Waals surface area contributed by atoms with Crippen LogP contribution in [0.15, 0.2) is 24.4 Å². The van der Waals surface area contributed by atoms with Gasteiger partial charge in [0.25, 0.3) is 0 Å². The number of H-pyrrole nitrogens is 1. The highest BCUT2D eigenvalue weighted by Gasteiger charge is 2.44. The predicted octanol–water partition coefficient (Wildman–Crippen LogP) is -0.345. The Hall–Kier alpha value is -1.64. The number of fused-ring (bicyclic) bond motifs is 1. The van der Waals surface area contributed by atoms with Gasteiger partial charge in [-0.2, -0.15) is 0 Å². The van der Waals surface area contributed by atoms with Crippen LogP contribution in [0.5, 0.6) is 5.75 Å². The molecular formula is C15H19NO6. The number of rotatable bonds is 3. The van der Waals surface area contributed by atoms with E-state index < -0.39 is 37.3 Å². The molecule has 0 amide bonds. The Morgan fingerprint density at radius 3 is 2.68 bits per heavy atom. The Morgan fingerprint density at radius 2 is 1.95 bits per heavy atom. The van der Waals surface area contributed by atoms with E-state index in [-0.39, 0.29) is 0 Å². The zero-order chi connectivity index (χ0) is 15.9. The van der Waals surface area contributed by atoms with E-state index in [9.17, 15) is 20.4 Å². The van der Waals surface area contributed by atoms with Crippen LogP contribution in [0.2, 0.25) is 0 Å². The normalized spacial score (nSPS) is 32.3. The minimum absolute atomic E-state index is 0.461. The van der Waals surface area contributed by atoms with E-state index in [0.717, 1.165) is 16.5 Å². The highest BCUT2D eigenvalue weighted by Crippen LogP contribution is 2.30. The smallest absolute Gasteiger partial charge is 0.229 e. The molecule has 0 bridgehead atoms. The van der Waals surface area contributed by atoms with E-state index in [1.54, 1.807) is 6.20 Å². The quantitative estimate of drug-likeness (QED) is 0.530. The zero-order valence-corrected chi connectivity index (χ0v) is 12.0. The second-order valence-electron chi connectivity index (χ2n) is 5.52. The van der Waals surface area contributed by atoms with E-state index in [1.165, 1.54) is 0 Å². The molecule has 7 nitrogen and oxygen atoms in total. The number of ether oxygens (including phenoxy) is 2. The zero-order valence-electron chi connectivity index (χ0n) is 12.0. The molecule has 3 rings (SSSR count). The Morgan fingerprint density at radius 1 is 1.18 bits per heavy atom. The van der Waals surface area contributed by atoms with Crippen molar-refractivity contribution in [3.8, 4) is 5.75 Å². The van der Waals surface area contributed by atoms with Gasteiger partial charge in [0.1, 0.15) is 30.2 Å². The van der Waals surface area contributed by atoms with Crippen molar-refractivity contribution in [2.24, 2.45) is 0 Å². The van der Waals surface area contributed by atoms with Crippen LogP contribution in [0.3, 0.4) is 0 Å². The lowest BCUT2D eigenvalue weighted by Gasteiger charge is -2.39. The number of aliphatic hydroxyl groups is 4. The van der Waals surface area contributed by atoms with Crippen LogP contribution in [-0.4, -0.2) is 62.7 Å². The van der Waals surface area contributed by atoms with Crippen molar-refractivity contribution in [1.29, 1.82) is 0 Å². The number of aryl methyl sites for hydroxylation is 1. The van der Waals surface area contributed by atoms with Crippen LogP contribution in [0.25, 0.3) is 10.9 Å². The molecule has 2 unspecified atom stereocenters. The van der Waals surface area contributed by atoms with E-state index in [0.29, 0.717) is 5.75 Å². The van der Waals surface area contributed by atoms with Gasteiger partial charge in [-0.1, -0.05) is 11.6 Å². The van der Waals surface area contributed by atoms with Crippen LogP contribution in [0.1, 0.15) is 5.56 Å². The van der Waals surface area contributed by atoms with E-state index in [2.05, 4.69) is 4.98 Å². The highest BCUT2D eigenvalue weighted by molar-refractivity contribution is 5.86. The fourth-order valence-corrected chi connectivity index (χ4v) is 2.60. The van der Waals surface area contributed by atoms with Crippen molar-refractivity contribution in [3.05, 3.63) is 30.0 Å². The molecule has 2 heterocycles. The minimum atomic E-state index is -1.46. The summed E-state index contributed by atoms with van der Waals surface area (Å²) in [4.78, 5) is 3.04. The van der Waals surface area contributed by atoms with E-state index in [4.69, 9.17) is 9.47 Å². The molecule has 1 aromatic heterocycles. The summed E-state index contributed by atoms with van der Waals surface area (Å²) in [6.07, 6.45) is -4.82. The Balaban J connectivity index is 1.85. The SMILES string of the molecule is Cc1ccc2[nH]cc(O[C@@H]3OC(CO)[C@@H](O)[C@H](O)C3O)c2c1. The number of nitrogens with one attached hydrogen (secondary N) is 1. The summed E-state index contributed by atoms with van der Waals surface area (Å²) < 4.78 is 11.0. The summed E-state index contributed by atoms with van der Waals surface area (Å²) >= 11 is 0. The number of aromatic nitrogens is 1. The first-order valence-corrected chi connectivity index (χ1v) is 7.06. The Labute approximate surface area is 126 Å². The molecule has 120 valence electrons. The molecule has 22 heavy (non-hydrogen) atoms. The molecule has 1 aromatic carbocycles. The van der Waals surface area contributed by atoms with Crippen molar-refractivity contribution in [1.82, 2.24) is 4.98 Å². The van der Waals surface area contributed by atoms with Gasteiger partial charge in [0.2, 0.25) is 6.29 Å². The van der Waals surface area contributed by atoms with Crippen LogP contribution in [-0.2, 0) is 4.74 Å². The molecule has 7 heteroatoms. The summed E-state index contributed by atoms with van der Waals surface area (Å²) in [5.74, 6) is 0.461. The molecule has 1 saturated heterocycles. The molecule has 1 fully saturated rings. The first kappa shape index (κ1) is 15.3. The minimum Gasteiger partial charge on any atom is -0.460 e. The molecule has 0 aliphatic carbocycles. The van der Waals surface area contributed by atoms with Crippen LogP contribution in [0, 0.1) is 6.92 Å². The number of hydrogen-bond acceptors (Lipinski definition) is 6. The molecular weight excluding hydrogens is 290 g/mol. The van der Waals surface area contributed by atoms with Crippen molar-refractivity contribution < 1.29 is 29.9 Å². The third-order valence-corrected chi connectivity index (χ3v) is 3.89. The number of aromatic amines is 1. The maximum Gasteiger partial charge on any atom is 0.229 e. The van der Waals surface area contributed by atoms with Gasteiger partial charge in [0.15, 0.2) is 0 Å². The van der Waals surface area contributed by atoms with Crippen LogP contribution < -0.4 is 4.74 Å². The molecule has 0 saturated carbocycles. The van der Waals surface area contributed by atoms with Gasteiger partial charge in [-0.25, -0.2) is 0 Å². The Bertz CT molecular complexity index is 655. The van der Waals surface area contributed by atoms with E-state index in [1.807, 2.05) is 25.1 Å². The summed E-state index contributed by atoms with van der Waals surface area (Å²) in [6.45, 7) is 1.46. The second-order valence-corrected chi connectivity index (χ2v) is 5.52. The molecule has 0 radical (unpaired) electrons. The number of hydrogen-bond donors (Lipinski definition) is 5. The average Bonchev–Trinajstić information content (AvgIpc) is 2.90. The van der Waals surface area contributed by atoms with Crippen molar-refractivity contribution in [2.75, 3.05) is 6.61 Å². The molecule has 0 spiro atoms. The van der Waals surface area contributed by atoms with Crippen LogP contribution >= 0.6 is 0 Å². The number of aliphatic hydroxyl groups excluding tert-OH is 4. The van der Waals surface area contributed by atoms with E-state index >= 15 is 0 Å². The van der Waals surface area contributed by atoms with Gasteiger partial charge in [-0.15, -0.1) is 0 Å². The fourth-order valence-electron chi connectivity index (χ4n) is 2.60. The first-order valence-electron chi connectivity index (χ1n) is 7.06. The second kappa shape index (κ2) is 5.86. The lowest BCUT2D eigenvalue weighted by molar-refractivity contribution is -0.277. The standard InChI is InChI=1S/C15H19NO6/c1-7-2-3-9-8(4-7)10(5-16-9)21-15-14(20)13(19)12(18)11(6-17)22-15/h2-5,11-20H,6H2,1H3/t11?,12-,13+,14?,15-/m1/s1. The highest BCUT2D eigenvalue weighted by atomic mass is 16.7. The van der Waals surface area contributed by atoms with Crippen molar-refractivity contribution >= 4 is 10.9 Å². The molecule has 1 aliphatic heterocycles. The summed E-state index contributed by atoms with van der Waals surface area (Å²) in [6, 6.07) is 5.78. The molecule has 2 aromatic rings. The largest absolute Gasteiger partial charge is 0.460 e. The predicted molar refractivity (Wildman–Crippen MR) is 77.4 cm³/mol. The number of benzene rings is 1. The van der Waals surface area contributed by atoms with Gasteiger partial charge in [-0.05, 0) is 19.1 Å². The van der Waals surface area contributed by atoms with Crippen molar-refractivity contribution in [2.45, 2.75) is 37.6 Å². The molecule has 5 atom stereocenters. The Kier molecular flexibility index (Phi) is 4.07. The van der Waals surface area contributed by atoms with Crippen molar-refractivity contribution in [3.63, 3.8) is 0 Å². The average molecular weight is 309 g/mol. The van der Waals surface area contributed by atoms with Gasteiger partial charge < -0.3 is 34.9 Å². The third kappa shape index (κ3) is 2.57. The summed E-state index contributed by atoms with van der Waals surface area (Å²) in [5.41, 5.74) is 1.91. The first-order chi connectivity index (χ1) is 10.5. The maximum atomic E-state index is 9.99. The lowest BCUT2D eigenvalue weighted by atomic mass is 9.99. The topological polar surface area (TPSA) is 115 Å². The van der Waals surface area contributed by atoms with Gasteiger partial charge in [0.05, 0.1) is 6.61 Å².